The largest absolute Gasteiger partial charge is 0.573 e. The van der Waals surface area contributed by atoms with Crippen molar-refractivity contribution in [3.63, 3.8) is 0 Å². The smallest absolute Gasteiger partial charge is 0.494 e. The van der Waals surface area contributed by atoms with Gasteiger partial charge in [-0.25, -0.2) is 0 Å². The molecule has 0 aliphatic rings. The van der Waals surface area contributed by atoms with Crippen LogP contribution in [0.1, 0.15) is 26.2 Å². The zero-order chi connectivity index (χ0) is 18.1. The molecular formula is C18H19F3N2O2. The number of alkyl halides is 3. The molecule has 0 aliphatic carbocycles. The maximum atomic E-state index is 12.1. The predicted molar refractivity (Wildman–Crippen MR) is 88.8 cm³/mol. The Bertz CT molecular complexity index is 668. The summed E-state index contributed by atoms with van der Waals surface area (Å²) in [5, 5.41) is 8.02. The number of halogens is 3. The lowest BCUT2D eigenvalue weighted by Gasteiger charge is -2.08. The Morgan fingerprint density at radius 1 is 0.800 bits per heavy atom. The minimum absolute atomic E-state index is 0.295. The maximum absolute atomic E-state index is 12.1. The standard InChI is InChI=1S/C18H19F3N2O2/c1-2-3-4-13-24-16-9-5-14(6-10-16)22-23-15-7-11-17(12-8-15)25-18(19,20)21/h5-12H,2-4,13H2,1H3. The minimum Gasteiger partial charge on any atom is -0.494 e. The molecular weight excluding hydrogens is 333 g/mol. The van der Waals surface area contributed by atoms with Gasteiger partial charge in [-0.3, -0.25) is 0 Å². The van der Waals surface area contributed by atoms with Gasteiger partial charge >= 0.3 is 6.36 Å². The molecule has 0 aromatic heterocycles. The van der Waals surface area contributed by atoms with Gasteiger partial charge in [0.05, 0.1) is 18.0 Å². The Labute approximate surface area is 144 Å². The van der Waals surface area contributed by atoms with Crippen molar-refractivity contribution in [3.8, 4) is 11.5 Å². The van der Waals surface area contributed by atoms with Gasteiger partial charge in [0.1, 0.15) is 11.5 Å². The zero-order valence-corrected chi connectivity index (χ0v) is 13.8. The first-order valence-electron chi connectivity index (χ1n) is 7.97. The van der Waals surface area contributed by atoms with Crippen molar-refractivity contribution >= 4 is 11.4 Å². The predicted octanol–water partition coefficient (Wildman–Crippen LogP) is 6.57. The van der Waals surface area contributed by atoms with Crippen LogP contribution < -0.4 is 9.47 Å². The van der Waals surface area contributed by atoms with Crippen LogP contribution in [-0.4, -0.2) is 13.0 Å². The van der Waals surface area contributed by atoms with Gasteiger partial charge in [0, 0.05) is 0 Å². The number of hydrogen-bond acceptors (Lipinski definition) is 4. The number of unbranched alkanes of at least 4 members (excludes halogenated alkanes) is 2. The summed E-state index contributed by atoms with van der Waals surface area (Å²) in [4.78, 5) is 0. The van der Waals surface area contributed by atoms with E-state index in [1.165, 1.54) is 24.3 Å². The van der Waals surface area contributed by atoms with E-state index in [2.05, 4.69) is 21.9 Å². The molecule has 2 aromatic carbocycles. The fourth-order valence-electron chi connectivity index (χ4n) is 1.98. The van der Waals surface area contributed by atoms with Gasteiger partial charge in [0.15, 0.2) is 0 Å². The molecule has 2 aromatic rings. The Balaban J connectivity index is 1.88. The Kier molecular flexibility index (Phi) is 6.80. The van der Waals surface area contributed by atoms with Crippen LogP contribution in [0.15, 0.2) is 58.8 Å². The highest BCUT2D eigenvalue weighted by atomic mass is 19.4. The second-order valence-electron chi connectivity index (χ2n) is 5.29. The Morgan fingerprint density at radius 2 is 1.32 bits per heavy atom. The maximum Gasteiger partial charge on any atom is 0.573 e. The third-order valence-corrected chi connectivity index (χ3v) is 3.20. The van der Waals surface area contributed by atoms with E-state index in [9.17, 15) is 13.2 Å². The summed E-state index contributed by atoms with van der Waals surface area (Å²) >= 11 is 0. The SMILES string of the molecule is CCCCCOc1ccc(N=Nc2ccc(OC(F)(F)F)cc2)cc1. The Morgan fingerprint density at radius 3 is 1.80 bits per heavy atom. The third kappa shape index (κ3) is 7.24. The third-order valence-electron chi connectivity index (χ3n) is 3.20. The van der Waals surface area contributed by atoms with Crippen molar-refractivity contribution in [2.24, 2.45) is 10.2 Å². The molecule has 7 heteroatoms. The fourth-order valence-corrected chi connectivity index (χ4v) is 1.98. The van der Waals surface area contributed by atoms with Gasteiger partial charge in [-0.1, -0.05) is 19.8 Å². The van der Waals surface area contributed by atoms with E-state index in [0.717, 1.165) is 25.0 Å². The van der Waals surface area contributed by atoms with Gasteiger partial charge < -0.3 is 9.47 Å². The van der Waals surface area contributed by atoms with Crippen molar-refractivity contribution in [2.75, 3.05) is 6.61 Å². The van der Waals surface area contributed by atoms with Crippen LogP contribution in [0.4, 0.5) is 24.5 Å². The number of ether oxygens (including phenoxy) is 2. The van der Waals surface area contributed by atoms with Gasteiger partial charge in [0.2, 0.25) is 0 Å². The van der Waals surface area contributed by atoms with E-state index < -0.39 is 6.36 Å². The topological polar surface area (TPSA) is 43.2 Å². The lowest BCUT2D eigenvalue weighted by atomic mass is 10.2. The summed E-state index contributed by atoms with van der Waals surface area (Å²) in [6.07, 6.45) is -1.40. The average molecular weight is 352 g/mol. The summed E-state index contributed by atoms with van der Waals surface area (Å²) in [5.41, 5.74) is 1.05. The molecule has 0 fully saturated rings. The molecule has 0 spiro atoms. The molecule has 0 aliphatic heterocycles. The molecule has 0 atom stereocenters. The summed E-state index contributed by atoms with van der Waals surface area (Å²) in [6, 6.07) is 12.3. The first-order valence-corrected chi connectivity index (χ1v) is 7.97. The number of azo groups is 1. The van der Waals surface area contributed by atoms with Gasteiger partial charge in [-0.05, 0) is 55.0 Å². The van der Waals surface area contributed by atoms with E-state index in [1.807, 2.05) is 0 Å². The van der Waals surface area contributed by atoms with E-state index in [-0.39, 0.29) is 5.75 Å². The van der Waals surface area contributed by atoms with Crippen LogP contribution in [0.5, 0.6) is 11.5 Å². The van der Waals surface area contributed by atoms with Crippen LogP contribution in [0.2, 0.25) is 0 Å². The lowest BCUT2D eigenvalue weighted by Crippen LogP contribution is -2.16. The summed E-state index contributed by atoms with van der Waals surface area (Å²) in [5.74, 6) is 0.472. The molecule has 0 saturated heterocycles. The van der Waals surface area contributed by atoms with Crippen molar-refractivity contribution in [2.45, 2.75) is 32.5 Å². The number of benzene rings is 2. The average Bonchev–Trinajstić information content (AvgIpc) is 2.58. The molecule has 0 unspecified atom stereocenters. The summed E-state index contributed by atoms with van der Waals surface area (Å²) < 4.78 is 45.7. The molecule has 0 heterocycles. The zero-order valence-electron chi connectivity index (χ0n) is 13.8. The molecule has 4 nitrogen and oxygen atoms in total. The van der Waals surface area contributed by atoms with Crippen LogP contribution in [0.3, 0.4) is 0 Å². The van der Waals surface area contributed by atoms with E-state index in [4.69, 9.17) is 4.74 Å². The van der Waals surface area contributed by atoms with Crippen molar-refractivity contribution in [3.05, 3.63) is 48.5 Å². The second kappa shape index (κ2) is 9.05. The van der Waals surface area contributed by atoms with Crippen LogP contribution in [-0.2, 0) is 0 Å². The van der Waals surface area contributed by atoms with Gasteiger partial charge in [0.25, 0.3) is 0 Å². The molecule has 0 amide bonds. The van der Waals surface area contributed by atoms with E-state index in [1.54, 1.807) is 24.3 Å². The second-order valence-corrected chi connectivity index (χ2v) is 5.29. The highest BCUT2D eigenvalue weighted by molar-refractivity contribution is 5.44. The van der Waals surface area contributed by atoms with Crippen molar-refractivity contribution in [1.82, 2.24) is 0 Å². The van der Waals surface area contributed by atoms with Gasteiger partial charge in [-0.2, -0.15) is 10.2 Å². The summed E-state index contributed by atoms with van der Waals surface area (Å²) in [7, 11) is 0. The molecule has 25 heavy (non-hydrogen) atoms. The molecule has 0 N–H and O–H groups in total. The molecule has 134 valence electrons. The van der Waals surface area contributed by atoms with Crippen molar-refractivity contribution in [1.29, 1.82) is 0 Å². The van der Waals surface area contributed by atoms with Crippen LogP contribution >= 0.6 is 0 Å². The Hall–Kier alpha value is -2.57. The van der Waals surface area contributed by atoms with Crippen LogP contribution in [0, 0.1) is 0 Å². The van der Waals surface area contributed by atoms with E-state index in [0.29, 0.717) is 18.0 Å². The number of nitrogens with zero attached hydrogens (tertiary/aromatic N) is 2. The lowest BCUT2D eigenvalue weighted by molar-refractivity contribution is -0.274. The highest BCUT2D eigenvalue weighted by Crippen LogP contribution is 2.26. The van der Waals surface area contributed by atoms with E-state index >= 15 is 0 Å². The van der Waals surface area contributed by atoms with Crippen LogP contribution in [0.25, 0.3) is 0 Å². The molecule has 0 saturated carbocycles. The van der Waals surface area contributed by atoms with Crippen molar-refractivity contribution < 1.29 is 22.6 Å². The number of rotatable bonds is 8. The molecule has 0 radical (unpaired) electrons. The molecule has 0 bridgehead atoms. The molecule has 2 rings (SSSR count). The highest BCUT2D eigenvalue weighted by Gasteiger charge is 2.30. The minimum atomic E-state index is -4.70. The first kappa shape index (κ1) is 18.8. The summed E-state index contributed by atoms with van der Waals surface area (Å²) in [6.45, 7) is 2.82. The van der Waals surface area contributed by atoms with Gasteiger partial charge in [-0.15, -0.1) is 13.2 Å². The normalized spacial score (nSPS) is 11.7. The first-order chi connectivity index (χ1) is 12.0. The fraction of sp³-hybridized carbons (Fsp3) is 0.333. The monoisotopic (exact) mass is 352 g/mol. The quantitative estimate of drug-likeness (QED) is 0.398. The number of hydrogen-bond donors (Lipinski definition) is 0.